The molecule has 0 unspecified atom stereocenters. The summed E-state index contributed by atoms with van der Waals surface area (Å²) >= 11 is 0. The number of hydrogen-bond donors (Lipinski definition) is 4. The Morgan fingerprint density at radius 1 is 0.194 bits per heavy atom. The maximum Gasteiger partial charge on any atom is 0.0818 e. The van der Waals surface area contributed by atoms with Crippen molar-refractivity contribution in [3.63, 3.8) is 0 Å². The van der Waals surface area contributed by atoms with Crippen LogP contribution in [0.3, 0.4) is 0 Å². The van der Waals surface area contributed by atoms with Crippen LogP contribution in [0.4, 0.5) is 0 Å². The lowest BCUT2D eigenvalue weighted by Crippen LogP contribution is -2.10. The van der Waals surface area contributed by atoms with E-state index in [0.717, 1.165) is 232 Å². The molecule has 12 aromatic carbocycles. The lowest BCUT2D eigenvalue weighted by molar-refractivity contribution is 0.590. The SMILES string of the molecule is CC(C)(C)c1ccc(-c2c3nc(c(-c4ccc(C(C)(C)C)cc4)c4[nH]c(c(-c5ccc(C(C)(C)C)cc5)c5cc6c7cc8nc7c7c9[nH]c(cc9c9cc2[nH]c9c7c6n5)c(-c2ccc(C(C)(C)C)cc2)c2nc(c(-c5ccc(C(C)(C)C)cc5)c5[nH]c(c8-c6ccc(C(C)(C)C)cc6)c6ccccc56)-c5ccccc5-2)c2ccccc42)-c2ccccc2-3)cc1. The van der Waals surface area contributed by atoms with E-state index in [1.807, 2.05) is 0 Å². The molecule has 606 valence electrons. The van der Waals surface area contributed by atoms with Crippen LogP contribution in [0.1, 0.15) is 158 Å². The number of aromatic amines is 4. The van der Waals surface area contributed by atoms with Gasteiger partial charge < -0.3 is 19.9 Å². The number of hydrogen-bond acceptors (Lipinski definition) is 4. The van der Waals surface area contributed by atoms with Crippen LogP contribution in [0.15, 0.2) is 267 Å². The van der Waals surface area contributed by atoms with Gasteiger partial charge in [-0.25, -0.2) is 19.9 Å². The fraction of sp³-hybridized carbons (Fsp3) is 0.207. The van der Waals surface area contributed by atoms with E-state index < -0.39 is 0 Å². The first-order chi connectivity index (χ1) is 59.3. The Bertz CT molecular complexity index is 7580. The molecule has 16 bridgehead atoms. The van der Waals surface area contributed by atoms with Crippen LogP contribution in [-0.2, 0) is 32.5 Å². The minimum Gasteiger partial charge on any atom is -0.354 e. The molecular formula is C116H102N8. The highest BCUT2D eigenvalue weighted by atomic mass is 14.8. The molecule has 0 atom stereocenters. The first-order valence-electron chi connectivity index (χ1n) is 44.1. The zero-order valence-electron chi connectivity index (χ0n) is 74.2. The molecule has 0 saturated carbocycles. The fourth-order valence-corrected chi connectivity index (χ4v) is 20.1. The summed E-state index contributed by atoms with van der Waals surface area (Å²) in [6.45, 7) is 41.3. The van der Waals surface area contributed by atoms with Gasteiger partial charge in [0.15, 0.2) is 0 Å². The molecule has 20 aromatic rings. The van der Waals surface area contributed by atoms with E-state index in [-0.39, 0.29) is 32.5 Å². The third-order valence-corrected chi connectivity index (χ3v) is 27.0. The molecule has 124 heavy (non-hydrogen) atoms. The van der Waals surface area contributed by atoms with Gasteiger partial charge in [-0.15, -0.1) is 0 Å². The molecule has 8 aromatic heterocycles. The summed E-state index contributed by atoms with van der Waals surface area (Å²) in [6, 6.07) is 101. The van der Waals surface area contributed by atoms with E-state index in [4.69, 9.17) is 19.9 Å². The second-order valence-corrected chi connectivity index (χ2v) is 41.3. The highest BCUT2D eigenvalue weighted by Crippen LogP contribution is 2.55. The van der Waals surface area contributed by atoms with Crippen molar-refractivity contribution in [2.75, 3.05) is 0 Å². The Hall–Kier alpha value is -13.6. The number of H-pyrrole nitrogens is 4. The quantitative estimate of drug-likeness (QED) is 0.133. The molecule has 0 amide bonds. The van der Waals surface area contributed by atoms with Crippen LogP contribution < -0.4 is 0 Å². The highest BCUT2D eigenvalue weighted by molar-refractivity contribution is 6.40. The lowest BCUT2D eigenvalue weighted by Gasteiger charge is -2.19. The summed E-state index contributed by atoms with van der Waals surface area (Å²) in [5.74, 6) is 0. The van der Waals surface area contributed by atoms with Crippen molar-refractivity contribution in [2.45, 2.75) is 157 Å². The molecule has 0 radical (unpaired) electrons. The third-order valence-electron chi connectivity index (χ3n) is 27.0. The Morgan fingerprint density at radius 3 is 0.677 bits per heavy atom. The van der Waals surface area contributed by atoms with Gasteiger partial charge in [-0.3, -0.25) is 0 Å². The van der Waals surface area contributed by atoms with Crippen molar-refractivity contribution in [3.05, 3.63) is 300 Å². The summed E-state index contributed by atoms with van der Waals surface area (Å²) in [5.41, 5.74) is 37.7. The van der Waals surface area contributed by atoms with E-state index >= 15 is 0 Å². The largest absolute Gasteiger partial charge is 0.354 e. The molecule has 2 aliphatic heterocycles. The second-order valence-electron chi connectivity index (χ2n) is 41.3. The number of rotatable bonds is 6. The minimum atomic E-state index is -0.118. The summed E-state index contributed by atoms with van der Waals surface area (Å²) in [4.78, 5) is 42.9. The van der Waals surface area contributed by atoms with Gasteiger partial charge in [0.2, 0.25) is 0 Å². The van der Waals surface area contributed by atoms with E-state index in [2.05, 4.69) is 411 Å². The zero-order chi connectivity index (χ0) is 85.5. The molecule has 0 spiro atoms. The predicted molar refractivity (Wildman–Crippen MR) is 528 cm³/mol. The molecular weight excluding hydrogens is 1510 g/mol. The Balaban J connectivity index is 1.03. The monoisotopic (exact) mass is 1610 g/mol. The van der Waals surface area contributed by atoms with Gasteiger partial charge in [0.1, 0.15) is 0 Å². The summed E-state index contributed by atoms with van der Waals surface area (Å²) in [6.07, 6.45) is 0. The molecule has 22 rings (SSSR count). The van der Waals surface area contributed by atoms with Crippen molar-refractivity contribution in [2.24, 2.45) is 0 Å². The number of nitrogens with zero attached hydrogens (tertiary/aromatic N) is 4. The Kier molecular flexibility index (Phi) is 16.7. The van der Waals surface area contributed by atoms with Gasteiger partial charge in [-0.05, 0) is 124 Å². The molecule has 0 aliphatic carbocycles. The van der Waals surface area contributed by atoms with Crippen LogP contribution in [0, 0.1) is 0 Å². The number of nitrogens with one attached hydrogen (secondary N) is 4. The average molecular weight is 1610 g/mol. The van der Waals surface area contributed by atoms with E-state index in [0.29, 0.717) is 0 Å². The van der Waals surface area contributed by atoms with Gasteiger partial charge in [0.05, 0.1) is 77.9 Å². The first-order valence-corrected chi connectivity index (χ1v) is 44.1. The minimum absolute atomic E-state index is 0.0946. The molecule has 8 heteroatoms. The average Bonchev–Trinajstić information content (AvgIpc) is 1.52. The number of benzene rings is 12. The molecule has 10 heterocycles. The second kappa shape index (κ2) is 27.0. The van der Waals surface area contributed by atoms with Gasteiger partial charge >= 0.3 is 0 Å². The van der Waals surface area contributed by atoms with E-state index in [1.54, 1.807) is 0 Å². The van der Waals surface area contributed by atoms with Gasteiger partial charge in [-0.2, -0.15) is 0 Å². The van der Waals surface area contributed by atoms with Crippen LogP contribution in [0.2, 0.25) is 0 Å². The normalized spacial score (nSPS) is 13.1. The predicted octanol–water partition coefficient (Wildman–Crippen LogP) is 32.0. The smallest absolute Gasteiger partial charge is 0.0818 e. The Morgan fingerprint density at radius 2 is 0.419 bits per heavy atom. The number of fused-ring (bicyclic) bond motifs is 26. The van der Waals surface area contributed by atoms with Crippen molar-refractivity contribution in [1.82, 2.24) is 39.9 Å². The summed E-state index contributed by atoms with van der Waals surface area (Å²) < 4.78 is 0. The maximum atomic E-state index is 6.39. The van der Waals surface area contributed by atoms with E-state index in [1.165, 1.54) is 33.4 Å². The van der Waals surface area contributed by atoms with Gasteiger partial charge in [-0.1, -0.05) is 367 Å². The first kappa shape index (κ1) is 76.6. The molecule has 8 nitrogen and oxygen atoms in total. The molecule has 2 aliphatic rings. The summed E-state index contributed by atoms with van der Waals surface area (Å²) in [5, 5.41) is 10.3. The van der Waals surface area contributed by atoms with Crippen LogP contribution >= 0.6 is 0 Å². The standard InChI is InChI=1S/C116H102N8/c1-111(2,3)69-47-35-63(36-48-69)91-87-59-83-84-60-88-92(64-37-49-70(50-38-64)112(4,5)6)101-77-29-21-25-33-81(77)105(123-101)96(68-45-57-74(58-46-68)116(16,17)18)106-82-34-26-22-30-78(82)102(124-106)94(66-41-53-72(54-42-66)114(10,11)12)90-62-86-85-61-89(119-109(85)97(107(83)117-87)98(108(84)118-88)110(86)120-90)93(65-39-51-71(52-40-65)113(7,8)9)100-76-28-20-24-32-80(76)104(122-100)95(67-43-55-73(56-44-67)115(13,14)15)103-79-31-23-19-27-75(79)99(91)121-103/h19-62,117-118,122,124H,1-18H3. The highest BCUT2D eigenvalue weighted by Gasteiger charge is 2.34. The fourth-order valence-electron chi connectivity index (χ4n) is 20.1. The third kappa shape index (κ3) is 12.0. The Labute approximate surface area is 724 Å². The lowest BCUT2D eigenvalue weighted by atomic mass is 9.85. The molecule has 4 N–H and O–H groups in total. The van der Waals surface area contributed by atoms with Gasteiger partial charge in [0.25, 0.3) is 0 Å². The van der Waals surface area contributed by atoms with Crippen LogP contribution in [0.5, 0.6) is 0 Å². The summed E-state index contributed by atoms with van der Waals surface area (Å²) in [7, 11) is 0. The van der Waals surface area contributed by atoms with E-state index in [9.17, 15) is 0 Å². The zero-order valence-corrected chi connectivity index (χ0v) is 74.2. The number of aromatic nitrogens is 8. The van der Waals surface area contributed by atoms with Crippen molar-refractivity contribution in [1.29, 1.82) is 0 Å². The van der Waals surface area contributed by atoms with Crippen LogP contribution in [-0.4, -0.2) is 39.9 Å². The van der Waals surface area contributed by atoms with Crippen molar-refractivity contribution >= 4 is 120 Å². The van der Waals surface area contributed by atoms with Crippen molar-refractivity contribution < 1.29 is 0 Å². The van der Waals surface area contributed by atoms with Gasteiger partial charge in [0, 0.05) is 121 Å². The topological polar surface area (TPSA) is 115 Å². The molecule has 0 fully saturated rings. The molecule has 0 saturated heterocycles. The van der Waals surface area contributed by atoms with Crippen molar-refractivity contribution in [3.8, 4) is 112 Å². The van der Waals surface area contributed by atoms with Crippen LogP contribution in [0.25, 0.3) is 232 Å². The maximum absolute atomic E-state index is 6.39.